The van der Waals surface area contributed by atoms with E-state index in [1.807, 2.05) is 6.92 Å². The number of hydrogen-bond acceptors (Lipinski definition) is 4. The number of hydrogen-bond donors (Lipinski definition) is 0. The highest BCUT2D eigenvalue weighted by Crippen LogP contribution is 2.34. The van der Waals surface area contributed by atoms with E-state index >= 15 is 0 Å². The number of nitrogens with zero attached hydrogens (tertiary/aromatic N) is 1. The lowest BCUT2D eigenvalue weighted by Crippen LogP contribution is -1.98. The van der Waals surface area contributed by atoms with E-state index in [2.05, 4.69) is 0 Å². The van der Waals surface area contributed by atoms with Crippen LogP contribution in [-0.4, -0.2) is 19.1 Å². The van der Waals surface area contributed by atoms with Crippen LogP contribution in [0.3, 0.4) is 0 Å². The van der Waals surface area contributed by atoms with Crippen molar-refractivity contribution in [3.63, 3.8) is 0 Å². The lowest BCUT2D eigenvalue weighted by atomic mass is 10.1. The van der Waals surface area contributed by atoms with Crippen LogP contribution < -0.4 is 9.47 Å². The van der Waals surface area contributed by atoms with Crippen LogP contribution in [0, 0.1) is 10.1 Å². The Morgan fingerprint density at radius 2 is 1.80 bits per heavy atom. The fraction of sp³-hybridized carbons (Fsp3) is 0.400. The lowest BCUT2D eigenvalue weighted by molar-refractivity contribution is -0.385. The van der Waals surface area contributed by atoms with Gasteiger partial charge in [0, 0.05) is 5.56 Å². The summed E-state index contributed by atoms with van der Waals surface area (Å²) in [5, 5.41) is 10.8. The van der Waals surface area contributed by atoms with Gasteiger partial charge >= 0.3 is 0 Å². The minimum atomic E-state index is -0.416. The van der Waals surface area contributed by atoms with Crippen molar-refractivity contribution >= 4 is 5.69 Å². The van der Waals surface area contributed by atoms with E-state index in [-0.39, 0.29) is 5.69 Å². The van der Waals surface area contributed by atoms with Gasteiger partial charge in [-0.15, -0.1) is 0 Å². The fourth-order valence-electron chi connectivity index (χ4n) is 1.36. The molecule has 0 amide bonds. The maximum atomic E-state index is 10.8. The normalized spacial score (nSPS) is 9.80. The highest BCUT2D eigenvalue weighted by atomic mass is 16.6. The SMILES string of the molecule is CCc1cc(OC)c(OC)cc1[N+](=O)[O-]. The van der Waals surface area contributed by atoms with Crippen molar-refractivity contribution in [2.75, 3.05) is 14.2 Å². The van der Waals surface area contributed by atoms with Crippen LogP contribution in [0.25, 0.3) is 0 Å². The van der Waals surface area contributed by atoms with Crippen LogP contribution in [0.15, 0.2) is 12.1 Å². The van der Waals surface area contributed by atoms with E-state index in [0.29, 0.717) is 23.5 Å². The van der Waals surface area contributed by atoms with Crippen molar-refractivity contribution < 1.29 is 14.4 Å². The van der Waals surface area contributed by atoms with E-state index in [9.17, 15) is 10.1 Å². The highest BCUT2D eigenvalue weighted by Gasteiger charge is 2.17. The molecule has 0 fully saturated rings. The van der Waals surface area contributed by atoms with Gasteiger partial charge in [0.2, 0.25) is 0 Å². The van der Waals surface area contributed by atoms with Gasteiger partial charge in [-0.05, 0) is 12.5 Å². The Morgan fingerprint density at radius 3 is 2.20 bits per heavy atom. The Bertz CT molecular complexity index is 376. The van der Waals surface area contributed by atoms with Crippen molar-refractivity contribution in [1.82, 2.24) is 0 Å². The maximum Gasteiger partial charge on any atom is 0.276 e. The lowest BCUT2D eigenvalue weighted by Gasteiger charge is -2.09. The van der Waals surface area contributed by atoms with E-state index in [4.69, 9.17) is 9.47 Å². The number of aryl methyl sites for hydroxylation is 1. The van der Waals surface area contributed by atoms with Crippen LogP contribution in [0.1, 0.15) is 12.5 Å². The molecule has 1 aromatic rings. The van der Waals surface area contributed by atoms with Crippen molar-refractivity contribution in [2.24, 2.45) is 0 Å². The first-order chi connectivity index (χ1) is 7.13. The summed E-state index contributed by atoms with van der Waals surface area (Å²) in [4.78, 5) is 10.3. The molecule has 0 radical (unpaired) electrons. The summed E-state index contributed by atoms with van der Waals surface area (Å²) < 4.78 is 10.1. The molecule has 0 aliphatic heterocycles. The Hall–Kier alpha value is -1.78. The topological polar surface area (TPSA) is 61.6 Å². The number of nitro groups is 1. The quantitative estimate of drug-likeness (QED) is 0.565. The summed E-state index contributed by atoms with van der Waals surface area (Å²) in [6.07, 6.45) is 0.580. The molecule has 0 heterocycles. The first-order valence-corrected chi connectivity index (χ1v) is 4.53. The first kappa shape index (κ1) is 11.3. The molecule has 0 N–H and O–H groups in total. The van der Waals surface area contributed by atoms with Gasteiger partial charge in [-0.25, -0.2) is 0 Å². The predicted molar refractivity (Wildman–Crippen MR) is 55.6 cm³/mol. The Labute approximate surface area is 87.8 Å². The van der Waals surface area contributed by atoms with Crippen molar-refractivity contribution in [3.05, 3.63) is 27.8 Å². The molecule has 0 saturated heterocycles. The van der Waals surface area contributed by atoms with Gasteiger partial charge in [0.1, 0.15) is 0 Å². The summed E-state index contributed by atoms with van der Waals surface area (Å²) in [7, 11) is 2.95. The molecule has 1 aromatic carbocycles. The third kappa shape index (κ3) is 2.18. The van der Waals surface area contributed by atoms with Crippen LogP contribution in [0.4, 0.5) is 5.69 Å². The number of ether oxygens (including phenoxy) is 2. The van der Waals surface area contributed by atoms with Crippen molar-refractivity contribution in [1.29, 1.82) is 0 Å². The minimum Gasteiger partial charge on any atom is -0.493 e. The number of nitro benzene ring substituents is 1. The molecule has 0 bridgehead atoms. The Kier molecular flexibility index (Phi) is 3.49. The molecule has 0 atom stereocenters. The second kappa shape index (κ2) is 4.63. The number of rotatable bonds is 4. The van der Waals surface area contributed by atoms with Crippen molar-refractivity contribution in [3.8, 4) is 11.5 Å². The molecule has 82 valence electrons. The smallest absolute Gasteiger partial charge is 0.276 e. The van der Waals surface area contributed by atoms with Gasteiger partial charge < -0.3 is 9.47 Å². The van der Waals surface area contributed by atoms with Gasteiger partial charge in [-0.3, -0.25) is 10.1 Å². The molecule has 0 aliphatic carbocycles. The van der Waals surface area contributed by atoms with E-state index in [1.54, 1.807) is 6.07 Å². The van der Waals surface area contributed by atoms with Gasteiger partial charge in [-0.2, -0.15) is 0 Å². The molecule has 5 nitrogen and oxygen atoms in total. The van der Waals surface area contributed by atoms with Crippen LogP contribution in [-0.2, 0) is 6.42 Å². The van der Waals surface area contributed by atoms with Crippen LogP contribution in [0.5, 0.6) is 11.5 Å². The zero-order valence-corrected chi connectivity index (χ0v) is 8.94. The second-order valence-electron chi connectivity index (χ2n) is 2.95. The van der Waals surface area contributed by atoms with Crippen LogP contribution in [0.2, 0.25) is 0 Å². The molecule has 0 spiro atoms. The molecular formula is C10H13NO4. The summed E-state index contributed by atoms with van der Waals surface area (Å²) in [6.45, 7) is 1.86. The van der Waals surface area contributed by atoms with Crippen LogP contribution >= 0.6 is 0 Å². The van der Waals surface area contributed by atoms with Gasteiger partial charge in [-0.1, -0.05) is 6.92 Å². The summed E-state index contributed by atoms with van der Waals surface area (Å²) in [5.41, 5.74) is 0.702. The molecule has 15 heavy (non-hydrogen) atoms. The largest absolute Gasteiger partial charge is 0.493 e. The van der Waals surface area contributed by atoms with Gasteiger partial charge in [0.25, 0.3) is 5.69 Å². The highest BCUT2D eigenvalue weighted by molar-refractivity contribution is 5.54. The molecular weight excluding hydrogens is 198 g/mol. The second-order valence-corrected chi connectivity index (χ2v) is 2.95. The molecule has 0 aromatic heterocycles. The van der Waals surface area contributed by atoms with Crippen molar-refractivity contribution in [2.45, 2.75) is 13.3 Å². The average molecular weight is 211 g/mol. The van der Waals surface area contributed by atoms with E-state index < -0.39 is 4.92 Å². The van der Waals surface area contributed by atoms with E-state index in [0.717, 1.165) is 0 Å². The predicted octanol–water partition coefficient (Wildman–Crippen LogP) is 2.17. The van der Waals surface area contributed by atoms with E-state index in [1.165, 1.54) is 20.3 Å². The molecule has 0 unspecified atom stereocenters. The monoisotopic (exact) mass is 211 g/mol. The minimum absolute atomic E-state index is 0.0650. The van der Waals surface area contributed by atoms with Gasteiger partial charge in [0.15, 0.2) is 11.5 Å². The molecule has 5 heteroatoms. The first-order valence-electron chi connectivity index (χ1n) is 4.53. The summed E-state index contributed by atoms with van der Waals surface area (Å²) in [5.74, 6) is 0.890. The fourth-order valence-corrected chi connectivity index (χ4v) is 1.36. The standard InChI is InChI=1S/C10H13NO4/c1-4-7-5-9(14-2)10(15-3)6-8(7)11(12)13/h5-6H,4H2,1-3H3. The van der Waals surface area contributed by atoms with Gasteiger partial charge in [0.05, 0.1) is 25.2 Å². The maximum absolute atomic E-state index is 10.8. The third-order valence-electron chi connectivity index (χ3n) is 2.16. The third-order valence-corrected chi connectivity index (χ3v) is 2.16. The molecule has 0 aliphatic rings. The zero-order chi connectivity index (χ0) is 11.4. The number of methoxy groups -OCH3 is 2. The Morgan fingerprint density at radius 1 is 1.27 bits per heavy atom. The molecule has 1 rings (SSSR count). The summed E-state index contributed by atoms with van der Waals surface area (Å²) >= 11 is 0. The average Bonchev–Trinajstić information content (AvgIpc) is 2.26. The number of benzene rings is 1. The Balaban J connectivity index is 3.34. The zero-order valence-electron chi connectivity index (χ0n) is 8.94. The summed E-state index contributed by atoms with van der Waals surface area (Å²) in [6, 6.07) is 3.02. The molecule has 0 saturated carbocycles.